The lowest BCUT2D eigenvalue weighted by molar-refractivity contribution is 0.0645. The van der Waals surface area contributed by atoms with Crippen molar-refractivity contribution >= 4 is 36.6 Å². The van der Waals surface area contributed by atoms with E-state index in [1.165, 1.54) is 4.90 Å². The maximum atomic E-state index is 12.2. The van der Waals surface area contributed by atoms with E-state index in [1.807, 2.05) is 30.3 Å². The van der Waals surface area contributed by atoms with E-state index in [4.69, 9.17) is 5.73 Å². The second kappa shape index (κ2) is 7.40. The summed E-state index contributed by atoms with van der Waals surface area (Å²) in [4.78, 5) is 25.7. The molecule has 0 fully saturated rings. The SMILES string of the molecule is Cl.Cl.N[C@@H](CN1C(=O)c2ccccc2C1=O)c1ccccc1. The molecule has 22 heavy (non-hydrogen) atoms. The Bertz CT molecular complexity index is 642. The van der Waals surface area contributed by atoms with Gasteiger partial charge >= 0.3 is 0 Å². The molecule has 4 nitrogen and oxygen atoms in total. The number of nitrogens with zero attached hydrogens (tertiary/aromatic N) is 1. The Morgan fingerprint density at radius 2 is 1.27 bits per heavy atom. The molecule has 0 radical (unpaired) electrons. The molecule has 2 N–H and O–H groups in total. The van der Waals surface area contributed by atoms with Crippen LogP contribution in [-0.4, -0.2) is 23.3 Å². The number of amides is 2. The van der Waals surface area contributed by atoms with Crippen LogP contribution in [-0.2, 0) is 0 Å². The molecule has 1 aliphatic rings. The fourth-order valence-corrected chi connectivity index (χ4v) is 2.41. The molecule has 116 valence electrons. The van der Waals surface area contributed by atoms with Gasteiger partial charge in [0.1, 0.15) is 0 Å². The Morgan fingerprint density at radius 1 is 0.818 bits per heavy atom. The van der Waals surface area contributed by atoms with Crippen LogP contribution in [0.5, 0.6) is 0 Å². The first kappa shape index (κ1) is 18.2. The predicted molar refractivity (Wildman–Crippen MR) is 89.7 cm³/mol. The van der Waals surface area contributed by atoms with Gasteiger partial charge in [-0.25, -0.2) is 0 Å². The van der Waals surface area contributed by atoms with Crippen molar-refractivity contribution in [2.45, 2.75) is 6.04 Å². The zero-order chi connectivity index (χ0) is 14.1. The zero-order valence-electron chi connectivity index (χ0n) is 11.6. The molecule has 6 heteroatoms. The summed E-state index contributed by atoms with van der Waals surface area (Å²) in [5.74, 6) is -0.533. The lowest BCUT2D eigenvalue weighted by Crippen LogP contribution is -2.36. The molecule has 1 heterocycles. The number of imide groups is 1. The van der Waals surface area contributed by atoms with Crippen LogP contribution < -0.4 is 5.73 Å². The van der Waals surface area contributed by atoms with Gasteiger partial charge in [-0.15, -0.1) is 24.8 Å². The van der Waals surface area contributed by atoms with Gasteiger partial charge in [0, 0.05) is 12.6 Å². The number of hydrogen-bond acceptors (Lipinski definition) is 3. The van der Waals surface area contributed by atoms with E-state index in [2.05, 4.69) is 0 Å². The van der Waals surface area contributed by atoms with E-state index in [-0.39, 0.29) is 49.2 Å². The van der Waals surface area contributed by atoms with Crippen molar-refractivity contribution in [3.8, 4) is 0 Å². The molecule has 0 bridgehead atoms. The van der Waals surface area contributed by atoms with E-state index in [9.17, 15) is 9.59 Å². The first-order valence-electron chi connectivity index (χ1n) is 6.44. The van der Waals surface area contributed by atoms with Gasteiger partial charge in [0.25, 0.3) is 11.8 Å². The lowest BCUT2D eigenvalue weighted by atomic mass is 10.1. The third kappa shape index (κ3) is 3.14. The van der Waals surface area contributed by atoms with Crippen LogP contribution in [0.2, 0.25) is 0 Å². The minimum Gasteiger partial charge on any atom is -0.322 e. The molecular formula is C16H16Cl2N2O2. The highest BCUT2D eigenvalue weighted by Gasteiger charge is 2.35. The summed E-state index contributed by atoms with van der Waals surface area (Å²) in [7, 11) is 0. The van der Waals surface area contributed by atoms with E-state index >= 15 is 0 Å². The number of rotatable bonds is 3. The second-order valence-electron chi connectivity index (χ2n) is 4.78. The molecule has 2 aromatic rings. The molecule has 0 saturated heterocycles. The normalized spacial score (nSPS) is 14.0. The fourth-order valence-electron chi connectivity index (χ4n) is 2.41. The van der Waals surface area contributed by atoms with Crippen LogP contribution in [0.4, 0.5) is 0 Å². The largest absolute Gasteiger partial charge is 0.322 e. The molecule has 2 aromatic carbocycles. The third-order valence-corrected chi connectivity index (χ3v) is 3.49. The molecule has 0 aromatic heterocycles. The maximum absolute atomic E-state index is 12.2. The van der Waals surface area contributed by atoms with E-state index < -0.39 is 0 Å². The van der Waals surface area contributed by atoms with Gasteiger partial charge in [0.15, 0.2) is 0 Å². The lowest BCUT2D eigenvalue weighted by Gasteiger charge is -2.19. The highest BCUT2D eigenvalue weighted by Crippen LogP contribution is 2.24. The van der Waals surface area contributed by atoms with Crippen LogP contribution in [0.15, 0.2) is 54.6 Å². The number of hydrogen-bond donors (Lipinski definition) is 1. The third-order valence-electron chi connectivity index (χ3n) is 3.49. The standard InChI is InChI=1S/C16H14N2O2.2ClH/c17-14(11-6-2-1-3-7-11)10-18-15(19)12-8-4-5-9-13(12)16(18)20;;/h1-9,14H,10,17H2;2*1H/t14-;;/m0../s1. The van der Waals surface area contributed by atoms with Crippen LogP contribution in [0.25, 0.3) is 0 Å². The van der Waals surface area contributed by atoms with Crippen molar-refractivity contribution in [3.63, 3.8) is 0 Å². The second-order valence-corrected chi connectivity index (χ2v) is 4.78. The van der Waals surface area contributed by atoms with Gasteiger partial charge in [0.2, 0.25) is 0 Å². The maximum Gasteiger partial charge on any atom is 0.261 e. The van der Waals surface area contributed by atoms with Crippen molar-refractivity contribution in [2.24, 2.45) is 5.73 Å². The van der Waals surface area contributed by atoms with Crippen LogP contribution >= 0.6 is 24.8 Å². The van der Waals surface area contributed by atoms with Gasteiger partial charge in [-0.05, 0) is 17.7 Å². The summed E-state index contributed by atoms with van der Waals surface area (Å²) < 4.78 is 0. The monoisotopic (exact) mass is 338 g/mol. The van der Waals surface area contributed by atoms with Gasteiger partial charge in [-0.2, -0.15) is 0 Å². The molecule has 0 unspecified atom stereocenters. The Balaban J connectivity index is 0.00000121. The first-order chi connectivity index (χ1) is 9.68. The molecule has 0 aliphatic carbocycles. The Kier molecular flexibility index (Phi) is 6.11. The molecule has 3 rings (SSSR count). The Hall–Kier alpha value is -1.88. The molecule has 0 spiro atoms. The highest BCUT2D eigenvalue weighted by atomic mass is 35.5. The van der Waals surface area contributed by atoms with E-state index in [0.717, 1.165) is 5.56 Å². The van der Waals surface area contributed by atoms with Gasteiger partial charge in [-0.3, -0.25) is 14.5 Å². The van der Waals surface area contributed by atoms with Gasteiger partial charge < -0.3 is 5.73 Å². The summed E-state index contributed by atoms with van der Waals surface area (Å²) in [6.45, 7) is 0.191. The average molecular weight is 339 g/mol. The number of halogens is 2. The average Bonchev–Trinajstić information content (AvgIpc) is 2.74. The fraction of sp³-hybridized carbons (Fsp3) is 0.125. The van der Waals surface area contributed by atoms with E-state index in [1.54, 1.807) is 24.3 Å². The molecule has 0 saturated carbocycles. The van der Waals surface area contributed by atoms with Crippen molar-refractivity contribution in [1.82, 2.24) is 4.90 Å². The van der Waals surface area contributed by atoms with Crippen molar-refractivity contribution in [2.75, 3.05) is 6.54 Å². The summed E-state index contributed by atoms with van der Waals surface area (Å²) >= 11 is 0. The number of fused-ring (bicyclic) bond motifs is 1. The van der Waals surface area contributed by atoms with Gasteiger partial charge in [-0.1, -0.05) is 42.5 Å². The number of benzene rings is 2. The minimum atomic E-state index is -0.376. The Labute approximate surface area is 141 Å². The van der Waals surface area contributed by atoms with E-state index in [0.29, 0.717) is 11.1 Å². The van der Waals surface area contributed by atoms with Crippen molar-refractivity contribution in [3.05, 3.63) is 71.3 Å². The van der Waals surface area contributed by atoms with Crippen molar-refractivity contribution < 1.29 is 9.59 Å². The molecule has 1 aliphatic heterocycles. The summed E-state index contributed by atoms with van der Waals surface area (Å²) in [6.07, 6.45) is 0. The molecule has 2 amide bonds. The van der Waals surface area contributed by atoms with Crippen LogP contribution in [0, 0.1) is 0 Å². The van der Waals surface area contributed by atoms with Crippen LogP contribution in [0.3, 0.4) is 0 Å². The smallest absolute Gasteiger partial charge is 0.261 e. The molecular weight excluding hydrogens is 323 g/mol. The number of nitrogens with two attached hydrogens (primary N) is 1. The van der Waals surface area contributed by atoms with Crippen molar-refractivity contribution in [1.29, 1.82) is 0 Å². The molecule has 1 atom stereocenters. The summed E-state index contributed by atoms with van der Waals surface area (Å²) in [6, 6.07) is 15.9. The zero-order valence-corrected chi connectivity index (χ0v) is 13.3. The summed E-state index contributed by atoms with van der Waals surface area (Å²) in [5, 5.41) is 0. The topological polar surface area (TPSA) is 63.4 Å². The van der Waals surface area contributed by atoms with Gasteiger partial charge in [0.05, 0.1) is 11.1 Å². The minimum absolute atomic E-state index is 0. The Morgan fingerprint density at radius 3 is 1.77 bits per heavy atom. The summed E-state index contributed by atoms with van der Waals surface area (Å²) in [5.41, 5.74) is 7.91. The number of carbonyl (C=O) groups excluding carboxylic acids is 2. The highest BCUT2D eigenvalue weighted by molar-refractivity contribution is 6.21. The predicted octanol–water partition coefficient (Wildman–Crippen LogP) is 2.83. The quantitative estimate of drug-likeness (QED) is 0.875. The van der Waals surface area contributed by atoms with Crippen LogP contribution in [0.1, 0.15) is 32.3 Å². The first-order valence-corrected chi connectivity index (χ1v) is 6.44. The number of carbonyl (C=O) groups is 2.